The second kappa shape index (κ2) is 4.35. The fourth-order valence-electron chi connectivity index (χ4n) is 1.49. The van der Waals surface area contributed by atoms with Crippen molar-refractivity contribution in [2.24, 2.45) is 0 Å². The third kappa shape index (κ3) is 4.03. The smallest absolute Gasteiger partial charge is 0.410 e. The molecule has 1 aliphatic heterocycles. The maximum Gasteiger partial charge on any atom is 0.410 e. The molecule has 0 bridgehead atoms. The molecule has 1 unspecified atom stereocenters. The molecule has 88 valence electrons. The summed E-state index contributed by atoms with van der Waals surface area (Å²) in [4.78, 5) is 12.7. The highest BCUT2D eigenvalue weighted by molar-refractivity contribution is 5.68. The lowest BCUT2D eigenvalue weighted by molar-refractivity contribution is -0.0124. The minimum Gasteiger partial charge on any atom is -0.444 e. The van der Waals surface area contributed by atoms with E-state index in [0.717, 1.165) is 0 Å². The van der Waals surface area contributed by atoms with E-state index < -0.39 is 24.0 Å². The fraction of sp³-hybridized carbons (Fsp3) is 0.900. The van der Waals surface area contributed by atoms with Crippen LogP contribution in [0.25, 0.3) is 0 Å². The molecular weight excluding hydrogens is 201 g/mol. The molecular formula is C10H18FNO3. The molecule has 0 radical (unpaired) electrons. The average Bonchev–Trinajstić information content (AvgIpc) is 1.98. The Morgan fingerprint density at radius 2 is 2.07 bits per heavy atom. The summed E-state index contributed by atoms with van der Waals surface area (Å²) < 4.78 is 18.2. The SMILES string of the molecule is CC(C)(C)OC(=O)N1CC(F)C[C@H](O)C1. The van der Waals surface area contributed by atoms with E-state index in [1.807, 2.05) is 0 Å². The summed E-state index contributed by atoms with van der Waals surface area (Å²) in [5, 5.41) is 9.31. The first-order valence-electron chi connectivity index (χ1n) is 5.08. The summed E-state index contributed by atoms with van der Waals surface area (Å²) in [6, 6.07) is 0. The second-order valence-electron chi connectivity index (χ2n) is 4.87. The number of likely N-dealkylation sites (tertiary alicyclic amines) is 1. The molecule has 0 aromatic rings. The van der Waals surface area contributed by atoms with E-state index in [2.05, 4.69) is 0 Å². The van der Waals surface area contributed by atoms with E-state index in [1.165, 1.54) is 4.90 Å². The maximum atomic E-state index is 13.1. The van der Waals surface area contributed by atoms with Gasteiger partial charge >= 0.3 is 6.09 Å². The van der Waals surface area contributed by atoms with Crippen LogP contribution >= 0.6 is 0 Å². The van der Waals surface area contributed by atoms with Crippen LogP contribution in [-0.2, 0) is 4.74 Å². The Labute approximate surface area is 89.0 Å². The average molecular weight is 219 g/mol. The number of nitrogens with zero attached hydrogens (tertiary/aromatic N) is 1. The lowest BCUT2D eigenvalue weighted by Crippen LogP contribution is -2.48. The van der Waals surface area contributed by atoms with Crippen molar-refractivity contribution >= 4 is 6.09 Å². The summed E-state index contributed by atoms with van der Waals surface area (Å²) in [5.41, 5.74) is -0.592. The third-order valence-corrected chi connectivity index (χ3v) is 2.03. The molecule has 5 heteroatoms. The lowest BCUT2D eigenvalue weighted by atomic mass is 10.1. The molecule has 1 heterocycles. The monoisotopic (exact) mass is 219 g/mol. The number of rotatable bonds is 0. The van der Waals surface area contributed by atoms with Crippen molar-refractivity contribution in [3.8, 4) is 0 Å². The summed E-state index contributed by atoms with van der Waals surface area (Å²) >= 11 is 0. The number of halogens is 1. The number of piperidine rings is 1. The van der Waals surface area contributed by atoms with Crippen LogP contribution in [-0.4, -0.2) is 47.1 Å². The number of carbonyl (C=O) groups is 1. The van der Waals surface area contributed by atoms with E-state index in [-0.39, 0.29) is 19.5 Å². The van der Waals surface area contributed by atoms with Crippen LogP contribution in [0.4, 0.5) is 9.18 Å². The summed E-state index contributed by atoms with van der Waals surface area (Å²) in [6.07, 6.45) is -2.43. The molecule has 0 aromatic carbocycles. The van der Waals surface area contributed by atoms with E-state index in [0.29, 0.717) is 0 Å². The molecule has 1 aliphatic rings. The summed E-state index contributed by atoms with van der Waals surface area (Å²) in [5.74, 6) is 0. The van der Waals surface area contributed by atoms with Gasteiger partial charge < -0.3 is 14.7 Å². The first-order chi connectivity index (χ1) is 6.78. The number of hydrogen-bond donors (Lipinski definition) is 1. The van der Waals surface area contributed by atoms with Crippen LogP contribution in [0.1, 0.15) is 27.2 Å². The van der Waals surface area contributed by atoms with Gasteiger partial charge in [0.05, 0.1) is 19.2 Å². The Hall–Kier alpha value is -0.840. The van der Waals surface area contributed by atoms with Crippen molar-refractivity contribution in [2.75, 3.05) is 13.1 Å². The van der Waals surface area contributed by atoms with Gasteiger partial charge in [0, 0.05) is 6.42 Å². The lowest BCUT2D eigenvalue weighted by Gasteiger charge is -2.33. The van der Waals surface area contributed by atoms with Gasteiger partial charge in [0.15, 0.2) is 0 Å². The standard InChI is InChI=1S/C10H18FNO3/c1-10(2,3)15-9(14)12-5-7(11)4-8(13)6-12/h7-8,13H,4-6H2,1-3H3/t7?,8-/m0/s1. The van der Waals surface area contributed by atoms with E-state index in [1.54, 1.807) is 20.8 Å². The van der Waals surface area contributed by atoms with E-state index in [9.17, 15) is 14.3 Å². The molecule has 1 saturated heterocycles. The van der Waals surface area contributed by atoms with Gasteiger partial charge in [0.2, 0.25) is 0 Å². The quantitative estimate of drug-likeness (QED) is 0.668. The van der Waals surface area contributed by atoms with Crippen LogP contribution in [0.5, 0.6) is 0 Å². The van der Waals surface area contributed by atoms with Crippen molar-refractivity contribution in [1.82, 2.24) is 4.90 Å². The molecule has 0 spiro atoms. The summed E-state index contributed by atoms with van der Waals surface area (Å²) in [6.45, 7) is 5.40. The second-order valence-corrected chi connectivity index (χ2v) is 4.87. The van der Waals surface area contributed by atoms with Crippen molar-refractivity contribution in [3.05, 3.63) is 0 Å². The molecule has 2 atom stereocenters. The number of ether oxygens (including phenoxy) is 1. The predicted octanol–water partition coefficient (Wildman–Crippen LogP) is 1.33. The number of aliphatic hydroxyl groups excluding tert-OH is 1. The molecule has 1 fully saturated rings. The van der Waals surface area contributed by atoms with E-state index in [4.69, 9.17) is 4.74 Å². The highest BCUT2D eigenvalue weighted by Crippen LogP contribution is 2.17. The molecule has 0 aliphatic carbocycles. The number of alkyl halides is 1. The van der Waals surface area contributed by atoms with Gasteiger partial charge in [-0.05, 0) is 20.8 Å². The van der Waals surface area contributed by atoms with Crippen LogP contribution < -0.4 is 0 Å². The normalized spacial score (nSPS) is 27.7. The zero-order valence-corrected chi connectivity index (χ0v) is 9.36. The zero-order valence-electron chi connectivity index (χ0n) is 9.36. The topological polar surface area (TPSA) is 49.8 Å². The molecule has 4 nitrogen and oxygen atoms in total. The van der Waals surface area contributed by atoms with Gasteiger partial charge in [0.25, 0.3) is 0 Å². The molecule has 1 rings (SSSR count). The molecule has 1 amide bonds. The van der Waals surface area contributed by atoms with Gasteiger partial charge in [-0.25, -0.2) is 9.18 Å². The van der Waals surface area contributed by atoms with Gasteiger partial charge in [-0.2, -0.15) is 0 Å². The van der Waals surface area contributed by atoms with Crippen molar-refractivity contribution < 1.29 is 19.0 Å². The van der Waals surface area contributed by atoms with Gasteiger partial charge in [-0.1, -0.05) is 0 Å². The Kier molecular flexibility index (Phi) is 3.54. The first-order valence-corrected chi connectivity index (χ1v) is 5.08. The first kappa shape index (κ1) is 12.2. The molecule has 0 saturated carbocycles. The Bertz CT molecular complexity index is 229. The predicted molar refractivity (Wildman–Crippen MR) is 53.3 cm³/mol. The van der Waals surface area contributed by atoms with Crippen LogP contribution in [0.15, 0.2) is 0 Å². The number of aliphatic hydroxyl groups is 1. The minimum atomic E-state index is -1.17. The Morgan fingerprint density at radius 3 is 2.53 bits per heavy atom. The third-order valence-electron chi connectivity index (χ3n) is 2.03. The number of carbonyl (C=O) groups excluding carboxylic acids is 1. The van der Waals surface area contributed by atoms with Crippen LogP contribution in [0, 0.1) is 0 Å². The van der Waals surface area contributed by atoms with Gasteiger partial charge in [0.1, 0.15) is 11.8 Å². The fourth-order valence-corrected chi connectivity index (χ4v) is 1.49. The highest BCUT2D eigenvalue weighted by Gasteiger charge is 2.31. The van der Waals surface area contributed by atoms with Gasteiger partial charge in [-0.15, -0.1) is 0 Å². The van der Waals surface area contributed by atoms with Crippen molar-refractivity contribution in [2.45, 2.75) is 45.1 Å². The van der Waals surface area contributed by atoms with Gasteiger partial charge in [-0.3, -0.25) is 0 Å². The van der Waals surface area contributed by atoms with Crippen molar-refractivity contribution in [1.29, 1.82) is 0 Å². The van der Waals surface area contributed by atoms with Crippen LogP contribution in [0.2, 0.25) is 0 Å². The van der Waals surface area contributed by atoms with E-state index >= 15 is 0 Å². The molecule has 0 aromatic heterocycles. The van der Waals surface area contributed by atoms with Crippen molar-refractivity contribution in [3.63, 3.8) is 0 Å². The van der Waals surface area contributed by atoms with Crippen LogP contribution in [0.3, 0.4) is 0 Å². The minimum absolute atomic E-state index is 0.00593. The Balaban J connectivity index is 2.52. The Morgan fingerprint density at radius 1 is 1.47 bits per heavy atom. The largest absolute Gasteiger partial charge is 0.444 e. The maximum absolute atomic E-state index is 13.1. The number of β-amino-alcohol motifs (C(OH)–C–C–N with tert-alkyl or cyclic N) is 1. The highest BCUT2D eigenvalue weighted by atomic mass is 19.1. The molecule has 15 heavy (non-hydrogen) atoms. The number of amides is 1. The molecule has 1 N–H and O–H groups in total. The summed E-state index contributed by atoms with van der Waals surface area (Å²) in [7, 11) is 0. The number of hydrogen-bond acceptors (Lipinski definition) is 3. The zero-order chi connectivity index (χ0) is 11.6.